The van der Waals surface area contributed by atoms with Gasteiger partial charge in [0.05, 0.1) is 0 Å². The highest BCUT2D eigenvalue weighted by Gasteiger charge is 2.31. The quantitative estimate of drug-likeness (QED) is 0.682. The highest BCUT2D eigenvalue weighted by molar-refractivity contribution is 5.68. The minimum absolute atomic E-state index is 0.415. The number of hydrogen-bond donors (Lipinski definition) is 1. The maximum Gasteiger partial charge on any atom is 0.408 e. The van der Waals surface area contributed by atoms with E-state index in [0.29, 0.717) is 5.56 Å². The average molecular weight is 294 g/mol. The Morgan fingerprint density at radius 3 is 2.24 bits per heavy atom. The van der Waals surface area contributed by atoms with Crippen LogP contribution in [0.25, 0.3) is 0 Å². The van der Waals surface area contributed by atoms with Gasteiger partial charge in [0.1, 0.15) is 11.6 Å². The summed E-state index contributed by atoms with van der Waals surface area (Å²) >= 11 is 0. The SMILES string of the molecule is Cc1ccc([C@H](NC(=O)OC(C)(C)C)[C@H](C)[N+](=O)[O-])cc1. The third-order valence-electron chi connectivity index (χ3n) is 2.92. The third-order valence-corrected chi connectivity index (χ3v) is 2.92. The molecule has 0 bridgehead atoms. The van der Waals surface area contributed by atoms with Gasteiger partial charge in [-0.3, -0.25) is 10.1 Å². The third kappa shape index (κ3) is 5.41. The van der Waals surface area contributed by atoms with Crippen molar-refractivity contribution < 1.29 is 14.5 Å². The van der Waals surface area contributed by atoms with Crippen LogP contribution in [0.1, 0.15) is 44.9 Å². The molecule has 0 unspecified atom stereocenters. The van der Waals surface area contributed by atoms with E-state index in [1.165, 1.54) is 6.92 Å². The molecule has 1 amide bonds. The molecular formula is C15H22N2O4. The van der Waals surface area contributed by atoms with Crippen molar-refractivity contribution in [1.29, 1.82) is 0 Å². The normalized spacial score (nSPS) is 14.1. The first-order valence-electron chi connectivity index (χ1n) is 6.80. The van der Waals surface area contributed by atoms with E-state index < -0.39 is 28.7 Å². The van der Waals surface area contributed by atoms with Crippen LogP contribution in [0, 0.1) is 17.0 Å². The maximum absolute atomic E-state index is 11.9. The molecule has 0 fully saturated rings. The second kappa shape index (κ2) is 6.56. The molecule has 1 aromatic rings. The van der Waals surface area contributed by atoms with Crippen molar-refractivity contribution in [3.8, 4) is 0 Å². The van der Waals surface area contributed by atoms with Gasteiger partial charge in [0.15, 0.2) is 0 Å². The Hall–Kier alpha value is -2.11. The Labute approximate surface area is 124 Å². The number of rotatable bonds is 4. The predicted octanol–water partition coefficient (Wildman–Crippen LogP) is 3.23. The summed E-state index contributed by atoms with van der Waals surface area (Å²) in [6.45, 7) is 8.61. The van der Waals surface area contributed by atoms with Crippen LogP contribution in [0.3, 0.4) is 0 Å². The van der Waals surface area contributed by atoms with Crippen LogP contribution in [0.2, 0.25) is 0 Å². The summed E-state index contributed by atoms with van der Waals surface area (Å²) in [7, 11) is 0. The molecular weight excluding hydrogens is 272 g/mol. The highest BCUT2D eigenvalue weighted by Crippen LogP contribution is 2.20. The van der Waals surface area contributed by atoms with Crippen molar-refractivity contribution in [2.45, 2.75) is 52.3 Å². The molecule has 6 nitrogen and oxygen atoms in total. The lowest BCUT2D eigenvalue weighted by molar-refractivity contribution is -0.523. The molecule has 0 aromatic heterocycles. The summed E-state index contributed by atoms with van der Waals surface area (Å²) < 4.78 is 5.17. The topological polar surface area (TPSA) is 81.5 Å². The van der Waals surface area contributed by atoms with E-state index >= 15 is 0 Å². The zero-order chi connectivity index (χ0) is 16.2. The second-order valence-electron chi connectivity index (χ2n) is 6.06. The minimum atomic E-state index is -0.958. The molecule has 0 saturated heterocycles. The summed E-state index contributed by atoms with van der Waals surface area (Å²) in [4.78, 5) is 22.5. The lowest BCUT2D eigenvalue weighted by atomic mass is 10.00. The Balaban J connectivity index is 2.95. The number of ether oxygens (including phenoxy) is 1. The van der Waals surface area contributed by atoms with Gasteiger partial charge in [0, 0.05) is 11.8 Å². The van der Waals surface area contributed by atoms with Gasteiger partial charge >= 0.3 is 6.09 Å². The highest BCUT2D eigenvalue weighted by atomic mass is 16.6. The molecule has 0 aliphatic heterocycles. The number of carbonyl (C=O) groups is 1. The van der Waals surface area contributed by atoms with E-state index in [1.54, 1.807) is 32.9 Å². The van der Waals surface area contributed by atoms with E-state index in [4.69, 9.17) is 4.74 Å². The van der Waals surface area contributed by atoms with Gasteiger partial charge in [-0.15, -0.1) is 0 Å². The first-order chi connectivity index (χ1) is 9.60. The molecule has 0 saturated carbocycles. The molecule has 21 heavy (non-hydrogen) atoms. The number of hydrogen-bond acceptors (Lipinski definition) is 4. The monoisotopic (exact) mass is 294 g/mol. The standard InChI is InChI=1S/C15H22N2O4/c1-10-6-8-12(9-7-10)13(11(2)17(19)20)16-14(18)21-15(3,4)5/h6-9,11,13H,1-5H3,(H,16,18)/t11-,13+/m0/s1. The van der Waals surface area contributed by atoms with Crippen molar-refractivity contribution >= 4 is 6.09 Å². The van der Waals surface area contributed by atoms with Gasteiger partial charge in [-0.2, -0.15) is 0 Å². The molecule has 1 N–H and O–H groups in total. The summed E-state index contributed by atoms with van der Waals surface area (Å²) in [6, 6.07) is 5.56. The van der Waals surface area contributed by atoms with E-state index in [2.05, 4.69) is 5.32 Å². The van der Waals surface area contributed by atoms with Gasteiger partial charge in [0.25, 0.3) is 0 Å². The molecule has 0 radical (unpaired) electrons. The van der Waals surface area contributed by atoms with Crippen molar-refractivity contribution in [3.05, 3.63) is 45.5 Å². The van der Waals surface area contributed by atoms with Gasteiger partial charge in [0.2, 0.25) is 6.04 Å². The lowest BCUT2D eigenvalue weighted by Gasteiger charge is -2.24. The van der Waals surface area contributed by atoms with Crippen LogP contribution in [-0.4, -0.2) is 22.7 Å². The fourth-order valence-electron chi connectivity index (χ4n) is 1.81. The summed E-state index contributed by atoms with van der Waals surface area (Å²) in [6.07, 6.45) is -0.665. The first kappa shape index (κ1) is 16.9. The molecule has 0 heterocycles. The van der Waals surface area contributed by atoms with Crippen LogP contribution in [0.4, 0.5) is 4.79 Å². The number of nitro groups is 1. The van der Waals surface area contributed by atoms with Gasteiger partial charge < -0.3 is 10.1 Å². The Bertz CT molecular complexity index is 505. The van der Waals surface area contributed by atoms with Crippen molar-refractivity contribution in [1.82, 2.24) is 5.32 Å². The Morgan fingerprint density at radius 1 is 1.29 bits per heavy atom. The summed E-state index contributed by atoms with van der Waals surface area (Å²) in [5, 5.41) is 13.6. The van der Waals surface area contributed by atoms with Gasteiger partial charge in [-0.25, -0.2) is 4.79 Å². The fraction of sp³-hybridized carbons (Fsp3) is 0.533. The molecule has 0 aliphatic carbocycles. The van der Waals surface area contributed by atoms with Crippen molar-refractivity contribution in [2.24, 2.45) is 0 Å². The number of nitrogens with zero attached hydrogens (tertiary/aromatic N) is 1. The molecule has 6 heteroatoms. The zero-order valence-corrected chi connectivity index (χ0v) is 13.0. The van der Waals surface area contributed by atoms with E-state index in [0.717, 1.165) is 5.56 Å². The van der Waals surface area contributed by atoms with Crippen molar-refractivity contribution in [2.75, 3.05) is 0 Å². The molecule has 1 rings (SSSR count). The number of nitrogens with one attached hydrogen (secondary N) is 1. The molecule has 2 atom stereocenters. The molecule has 1 aromatic carbocycles. The summed E-state index contributed by atoms with van der Waals surface area (Å²) in [5.41, 5.74) is 1.07. The van der Waals surface area contributed by atoms with Crippen LogP contribution in [-0.2, 0) is 4.74 Å². The Kier molecular flexibility index (Phi) is 5.29. The van der Waals surface area contributed by atoms with E-state index in [1.807, 2.05) is 19.1 Å². The number of aryl methyl sites for hydroxylation is 1. The number of benzene rings is 1. The number of alkyl carbamates (subject to hydrolysis) is 1. The lowest BCUT2D eigenvalue weighted by Crippen LogP contribution is -2.41. The van der Waals surface area contributed by atoms with Gasteiger partial charge in [-0.1, -0.05) is 29.8 Å². The molecule has 0 aliphatic rings. The van der Waals surface area contributed by atoms with Gasteiger partial charge in [-0.05, 0) is 33.3 Å². The maximum atomic E-state index is 11.9. The fourth-order valence-corrected chi connectivity index (χ4v) is 1.81. The van der Waals surface area contributed by atoms with Crippen LogP contribution in [0.5, 0.6) is 0 Å². The summed E-state index contributed by atoms with van der Waals surface area (Å²) in [5.74, 6) is 0. The minimum Gasteiger partial charge on any atom is -0.444 e. The zero-order valence-electron chi connectivity index (χ0n) is 13.0. The van der Waals surface area contributed by atoms with Crippen LogP contribution in [0.15, 0.2) is 24.3 Å². The van der Waals surface area contributed by atoms with E-state index in [-0.39, 0.29) is 0 Å². The van der Waals surface area contributed by atoms with Crippen LogP contribution >= 0.6 is 0 Å². The smallest absolute Gasteiger partial charge is 0.408 e. The van der Waals surface area contributed by atoms with Crippen molar-refractivity contribution in [3.63, 3.8) is 0 Å². The largest absolute Gasteiger partial charge is 0.444 e. The Morgan fingerprint density at radius 2 is 1.81 bits per heavy atom. The average Bonchev–Trinajstić information content (AvgIpc) is 2.34. The second-order valence-corrected chi connectivity index (χ2v) is 6.06. The van der Waals surface area contributed by atoms with E-state index in [9.17, 15) is 14.9 Å². The number of amides is 1. The molecule has 116 valence electrons. The number of carbonyl (C=O) groups excluding carboxylic acids is 1. The van der Waals surface area contributed by atoms with Crippen LogP contribution < -0.4 is 5.32 Å². The molecule has 0 spiro atoms. The predicted molar refractivity (Wildman–Crippen MR) is 79.7 cm³/mol. The first-order valence-corrected chi connectivity index (χ1v) is 6.80.